The van der Waals surface area contributed by atoms with Gasteiger partial charge in [0.25, 0.3) is 0 Å². The quantitative estimate of drug-likeness (QED) is 0.845. The van der Waals surface area contributed by atoms with Gasteiger partial charge in [-0.3, -0.25) is 0 Å². The predicted octanol–water partition coefficient (Wildman–Crippen LogP) is 2.23. The summed E-state index contributed by atoms with van der Waals surface area (Å²) < 4.78 is 6.63. The highest BCUT2D eigenvalue weighted by Crippen LogP contribution is 2.25. The first-order chi connectivity index (χ1) is 9.52. The van der Waals surface area contributed by atoms with Gasteiger partial charge in [-0.15, -0.1) is 5.10 Å². The highest BCUT2D eigenvalue weighted by molar-refractivity contribution is 5.92. The number of carbonyl (C=O) groups is 1. The van der Waals surface area contributed by atoms with Crippen molar-refractivity contribution in [1.82, 2.24) is 15.0 Å². The Labute approximate surface area is 116 Å². The number of hydrogen-bond acceptors (Lipinski definition) is 4. The fraction of sp³-hybridized carbons (Fsp3) is 0.214. The summed E-state index contributed by atoms with van der Waals surface area (Å²) in [6.07, 6.45) is 0. The molecular weight excluding hydrogens is 258 g/mol. The van der Waals surface area contributed by atoms with Crippen LogP contribution in [-0.4, -0.2) is 33.2 Å². The van der Waals surface area contributed by atoms with E-state index in [-0.39, 0.29) is 5.69 Å². The maximum absolute atomic E-state index is 11.3. The summed E-state index contributed by atoms with van der Waals surface area (Å²) in [5.41, 5.74) is 1.97. The lowest BCUT2D eigenvalue weighted by atomic mass is 10.1. The molecule has 0 saturated heterocycles. The smallest absolute Gasteiger partial charge is 0.358 e. The second-order valence-corrected chi connectivity index (χ2v) is 4.44. The van der Waals surface area contributed by atoms with Gasteiger partial charge in [-0.25, -0.2) is 9.48 Å². The van der Waals surface area contributed by atoms with E-state index in [0.717, 1.165) is 11.1 Å². The minimum atomic E-state index is -1.11. The molecule has 2 aromatic rings. The number of nitrogens with zero attached hydrogens (tertiary/aromatic N) is 3. The van der Waals surface area contributed by atoms with Crippen molar-refractivity contribution in [3.05, 3.63) is 42.1 Å². The molecule has 0 aliphatic heterocycles. The van der Waals surface area contributed by atoms with E-state index >= 15 is 0 Å². The number of ether oxygens (including phenoxy) is 1. The molecular formula is C14H15N3O3. The van der Waals surface area contributed by atoms with Gasteiger partial charge in [0.2, 0.25) is 0 Å². The Bertz CT molecular complexity index is 644. The van der Waals surface area contributed by atoms with E-state index in [0.29, 0.717) is 18.0 Å². The van der Waals surface area contributed by atoms with Crippen LogP contribution in [0.25, 0.3) is 11.3 Å². The van der Waals surface area contributed by atoms with Crippen molar-refractivity contribution in [2.45, 2.75) is 13.5 Å². The Morgan fingerprint density at radius 2 is 2.05 bits per heavy atom. The van der Waals surface area contributed by atoms with E-state index in [1.165, 1.54) is 4.68 Å². The molecule has 6 heteroatoms. The highest BCUT2D eigenvalue weighted by Gasteiger charge is 2.20. The maximum atomic E-state index is 11.3. The van der Waals surface area contributed by atoms with E-state index in [2.05, 4.69) is 16.9 Å². The normalized spacial score (nSPS) is 10.3. The third kappa shape index (κ3) is 2.69. The molecule has 0 aliphatic rings. The summed E-state index contributed by atoms with van der Waals surface area (Å²) in [6, 6.07) is 7.08. The molecule has 0 radical (unpaired) electrons. The third-order valence-corrected chi connectivity index (χ3v) is 2.72. The van der Waals surface area contributed by atoms with Crippen LogP contribution < -0.4 is 4.74 Å². The first-order valence-corrected chi connectivity index (χ1v) is 5.98. The summed E-state index contributed by atoms with van der Waals surface area (Å²) in [6.45, 7) is 6.08. The summed E-state index contributed by atoms with van der Waals surface area (Å²) in [7, 11) is 1.57. The van der Waals surface area contributed by atoms with E-state index in [9.17, 15) is 9.90 Å². The Hall–Kier alpha value is -2.63. The first kappa shape index (κ1) is 13.8. The van der Waals surface area contributed by atoms with Crippen molar-refractivity contribution >= 4 is 5.97 Å². The minimum Gasteiger partial charge on any atom is -0.497 e. The van der Waals surface area contributed by atoms with E-state index in [1.807, 2.05) is 6.92 Å². The minimum absolute atomic E-state index is 0.0728. The molecule has 0 fully saturated rings. The molecule has 0 unspecified atom stereocenters. The Morgan fingerprint density at radius 3 is 2.55 bits per heavy atom. The van der Waals surface area contributed by atoms with Crippen LogP contribution in [0.5, 0.6) is 5.75 Å². The summed E-state index contributed by atoms with van der Waals surface area (Å²) in [5.74, 6) is -0.409. The number of carboxylic acids is 1. The van der Waals surface area contributed by atoms with Crippen LogP contribution >= 0.6 is 0 Å². The van der Waals surface area contributed by atoms with Gasteiger partial charge in [0.15, 0.2) is 5.69 Å². The molecule has 1 aromatic carbocycles. The predicted molar refractivity (Wildman–Crippen MR) is 73.8 cm³/mol. The number of allylic oxidation sites excluding steroid dienone is 1. The summed E-state index contributed by atoms with van der Waals surface area (Å²) >= 11 is 0. The number of hydrogen-bond donors (Lipinski definition) is 1. The summed E-state index contributed by atoms with van der Waals surface area (Å²) in [5, 5.41) is 16.8. The van der Waals surface area contributed by atoms with Crippen LogP contribution in [0, 0.1) is 0 Å². The number of carboxylic acid groups (broad SMARTS) is 1. The van der Waals surface area contributed by atoms with Crippen molar-refractivity contribution in [1.29, 1.82) is 0 Å². The average molecular weight is 273 g/mol. The molecule has 6 nitrogen and oxygen atoms in total. The largest absolute Gasteiger partial charge is 0.497 e. The van der Waals surface area contributed by atoms with Crippen LogP contribution in [-0.2, 0) is 6.54 Å². The van der Waals surface area contributed by atoms with E-state index < -0.39 is 5.97 Å². The second kappa shape index (κ2) is 5.56. The van der Waals surface area contributed by atoms with Crippen LogP contribution in [0.2, 0.25) is 0 Å². The molecule has 1 aromatic heterocycles. The molecule has 1 N–H and O–H groups in total. The van der Waals surface area contributed by atoms with Gasteiger partial charge < -0.3 is 9.84 Å². The van der Waals surface area contributed by atoms with Gasteiger partial charge in [0.05, 0.1) is 13.7 Å². The topological polar surface area (TPSA) is 77.2 Å². The average Bonchev–Trinajstić information content (AvgIpc) is 2.82. The molecule has 0 atom stereocenters. The van der Waals surface area contributed by atoms with E-state index in [1.54, 1.807) is 31.4 Å². The molecule has 1 heterocycles. The fourth-order valence-corrected chi connectivity index (χ4v) is 1.86. The molecule has 0 amide bonds. The maximum Gasteiger partial charge on any atom is 0.358 e. The second-order valence-electron chi connectivity index (χ2n) is 4.44. The standard InChI is InChI=1S/C14H15N3O3/c1-9(2)8-17-13(12(14(18)19)15-16-17)10-4-6-11(20-3)7-5-10/h4-7H,1,8H2,2-3H3,(H,18,19). The van der Waals surface area contributed by atoms with Gasteiger partial charge in [-0.1, -0.05) is 17.4 Å². The van der Waals surface area contributed by atoms with Gasteiger partial charge in [0, 0.05) is 5.56 Å². The van der Waals surface area contributed by atoms with Crippen LogP contribution in [0.1, 0.15) is 17.4 Å². The zero-order valence-electron chi connectivity index (χ0n) is 11.3. The van der Waals surface area contributed by atoms with Crippen molar-refractivity contribution in [2.24, 2.45) is 0 Å². The Morgan fingerprint density at radius 1 is 1.40 bits per heavy atom. The lowest BCUT2D eigenvalue weighted by Crippen LogP contribution is -2.05. The number of rotatable bonds is 5. The van der Waals surface area contributed by atoms with Gasteiger partial charge in [-0.05, 0) is 31.2 Å². The number of aromatic carboxylic acids is 1. The Kier molecular flexibility index (Phi) is 3.84. The van der Waals surface area contributed by atoms with E-state index in [4.69, 9.17) is 4.74 Å². The first-order valence-electron chi connectivity index (χ1n) is 5.98. The van der Waals surface area contributed by atoms with Gasteiger partial charge in [-0.2, -0.15) is 0 Å². The molecule has 104 valence electrons. The molecule has 20 heavy (non-hydrogen) atoms. The third-order valence-electron chi connectivity index (χ3n) is 2.72. The zero-order valence-corrected chi connectivity index (χ0v) is 11.3. The Balaban J connectivity index is 2.53. The van der Waals surface area contributed by atoms with Gasteiger partial charge in [0.1, 0.15) is 11.4 Å². The number of aromatic nitrogens is 3. The van der Waals surface area contributed by atoms with Crippen molar-refractivity contribution < 1.29 is 14.6 Å². The van der Waals surface area contributed by atoms with Crippen molar-refractivity contribution in [2.75, 3.05) is 7.11 Å². The van der Waals surface area contributed by atoms with Crippen LogP contribution in [0.3, 0.4) is 0 Å². The molecule has 0 saturated carbocycles. The van der Waals surface area contributed by atoms with Crippen LogP contribution in [0.15, 0.2) is 36.4 Å². The number of methoxy groups -OCH3 is 1. The SMILES string of the molecule is C=C(C)Cn1nnc(C(=O)O)c1-c1ccc(OC)cc1. The fourth-order valence-electron chi connectivity index (χ4n) is 1.86. The lowest BCUT2D eigenvalue weighted by Gasteiger charge is -2.08. The van der Waals surface area contributed by atoms with Gasteiger partial charge >= 0.3 is 5.97 Å². The monoisotopic (exact) mass is 273 g/mol. The molecule has 0 bridgehead atoms. The van der Waals surface area contributed by atoms with Crippen molar-refractivity contribution in [3.63, 3.8) is 0 Å². The van der Waals surface area contributed by atoms with Crippen molar-refractivity contribution in [3.8, 4) is 17.0 Å². The summed E-state index contributed by atoms with van der Waals surface area (Å²) in [4.78, 5) is 11.3. The highest BCUT2D eigenvalue weighted by atomic mass is 16.5. The lowest BCUT2D eigenvalue weighted by molar-refractivity contribution is 0.0691. The van der Waals surface area contributed by atoms with Crippen LogP contribution in [0.4, 0.5) is 0 Å². The number of benzene rings is 1. The molecule has 0 spiro atoms. The molecule has 2 rings (SSSR count). The zero-order chi connectivity index (χ0) is 14.7. The molecule has 0 aliphatic carbocycles.